The second kappa shape index (κ2) is 7.51. The van der Waals surface area contributed by atoms with Gasteiger partial charge in [0.1, 0.15) is 5.82 Å². The van der Waals surface area contributed by atoms with E-state index in [9.17, 15) is 9.18 Å². The Morgan fingerprint density at radius 2 is 1.62 bits per heavy atom. The van der Waals surface area contributed by atoms with Crippen molar-refractivity contribution < 1.29 is 9.18 Å². The molecule has 1 amide bonds. The molecule has 1 fully saturated rings. The zero-order valence-electron chi connectivity index (χ0n) is 13.0. The van der Waals surface area contributed by atoms with Crippen molar-refractivity contribution in [2.75, 3.05) is 26.2 Å². The molecule has 0 unspecified atom stereocenters. The SMILES string of the molecule is O=C(c1ccccc1Cl)N1CCN(Cc2c(F)cccc2Cl)CC1. The van der Waals surface area contributed by atoms with Gasteiger partial charge in [-0.2, -0.15) is 0 Å². The number of carbonyl (C=O) groups excluding carboxylic acids is 1. The standard InChI is InChI=1S/C18H17Cl2FN2O/c19-15-5-2-1-4-13(15)18(24)23-10-8-22(9-11-23)12-14-16(20)6-3-7-17(14)21/h1-7H,8-12H2. The van der Waals surface area contributed by atoms with E-state index < -0.39 is 0 Å². The highest BCUT2D eigenvalue weighted by Gasteiger charge is 2.24. The van der Waals surface area contributed by atoms with Crippen LogP contribution in [0.15, 0.2) is 42.5 Å². The predicted octanol–water partition coefficient (Wildman–Crippen LogP) is 4.09. The maximum absolute atomic E-state index is 13.9. The molecular weight excluding hydrogens is 350 g/mol. The lowest BCUT2D eigenvalue weighted by molar-refractivity contribution is 0.0627. The Morgan fingerprint density at radius 3 is 2.29 bits per heavy atom. The van der Waals surface area contributed by atoms with Crippen LogP contribution in [0.2, 0.25) is 10.0 Å². The van der Waals surface area contributed by atoms with Crippen LogP contribution in [0.5, 0.6) is 0 Å². The second-order valence-electron chi connectivity index (χ2n) is 5.75. The van der Waals surface area contributed by atoms with E-state index >= 15 is 0 Å². The van der Waals surface area contributed by atoms with Gasteiger partial charge in [-0.15, -0.1) is 0 Å². The molecule has 1 heterocycles. The van der Waals surface area contributed by atoms with E-state index in [1.54, 1.807) is 41.3 Å². The van der Waals surface area contributed by atoms with E-state index in [1.165, 1.54) is 6.07 Å². The Bertz CT molecular complexity index is 725. The minimum atomic E-state index is -0.294. The van der Waals surface area contributed by atoms with Gasteiger partial charge in [0.05, 0.1) is 10.6 Å². The smallest absolute Gasteiger partial charge is 0.255 e. The Morgan fingerprint density at radius 1 is 0.958 bits per heavy atom. The lowest BCUT2D eigenvalue weighted by Gasteiger charge is -2.35. The molecule has 3 nitrogen and oxygen atoms in total. The minimum Gasteiger partial charge on any atom is -0.336 e. The summed E-state index contributed by atoms with van der Waals surface area (Å²) < 4.78 is 13.9. The van der Waals surface area contributed by atoms with E-state index in [-0.39, 0.29) is 11.7 Å². The van der Waals surface area contributed by atoms with Crippen molar-refractivity contribution in [3.05, 3.63) is 69.5 Å². The molecule has 24 heavy (non-hydrogen) atoms. The maximum atomic E-state index is 13.9. The third kappa shape index (κ3) is 3.72. The average molecular weight is 367 g/mol. The Hall–Kier alpha value is -1.62. The molecule has 0 bridgehead atoms. The summed E-state index contributed by atoms with van der Waals surface area (Å²) in [7, 11) is 0. The number of benzene rings is 2. The summed E-state index contributed by atoms with van der Waals surface area (Å²) in [4.78, 5) is 16.4. The summed E-state index contributed by atoms with van der Waals surface area (Å²) in [6.45, 7) is 2.94. The van der Waals surface area contributed by atoms with Gasteiger partial charge in [0.2, 0.25) is 0 Å². The molecule has 1 aliphatic rings. The molecule has 0 saturated carbocycles. The van der Waals surface area contributed by atoms with Crippen LogP contribution in [0, 0.1) is 5.82 Å². The lowest BCUT2D eigenvalue weighted by Crippen LogP contribution is -2.48. The van der Waals surface area contributed by atoms with Gasteiger partial charge in [0, 0.05) is 43.3 Å². The molecule has 0 N–H and O–H groups in total. The number of halogens is 3. The quantitative estimate of drug-likeness (QED) is 0.816. The summed E-state index contributed by atoms with van der Waals surface area (Å²) in [6.07, 6.45) is 0. The van der Waals surface area contributed by atoms with Crippen molar-refractivity contribution in [1.82, 2.24) is 9.80 Å². The Balaban J connectivity index is 1.62. The first-order valence-corrected chi connectivity index (χ1v) is 8.51. The molecule has 2 aromatic carbocycles. The van der Waals surface area contributed by atoms with E-state index in [0.29, 0.717) is 53.9 Å². The minimum absolute atomic E-state index is 0.0656. The van der Waals surface area contributed by atoms with E-state index in [0.717, 1.165) is 0 Å². The van der Waals surface area contributed by atoms with Gasteiger partial charge in [-0.1, -0.05) is 41.4 Å². The highest BCUT2D eigenvalue weighted by Crippen LogP contribution is 2.22. The van der Waals surface area contributed by atoms with E-state index in [2.05, 4.69) is 4.90 Å². The number of carbonyl (C=O) groups is 1. The van der Waals surface area contributed by atoms with Gasteiger partial charge >= 0.3 is 0 Å². The second-order valence-corrected chi connectivity index (χ2v) is 6.56. The number of nitrogens with zero attached hydrogens (tertiary/aromatic N) is 2. The van der Waals surface area contributed by atoms with E-state index in [1.807, 2.05) is 0 Å². The van der Waals surface area contributed by atoms with Crippen LogP contribution in [0.1, 0.15) is 15.9 Å². The number of amides is 1. The molecule has 0 aromatic heterocycles. The topological polar surface area (TPSA) is 23.6 Å². The molecule has 1 aliphatic heterocycles. The highest BCUT2D eigenvalue weighted by molar-refractivity contribution is 6.33. The van der Waals surface area contributed by atoms with Crippen molar-refractivity contribution in [2.45, 2.75) is 6.54 Å². The monoisotopic (exact) mass is 366 g/mol. The molecule has 3 rings (SSSR count). The third-order valence-corrected chi connectivity index (χ3v) is 4.89. The fraction of sp³-hybridized carbons (Fsp3) is 0.278. The van der Waals surface area contributed by atoms with Gasteiger partial charge in [0.15, 0.2) is 0 Å². The highest BCUT2D eigenvalue weighted by atomic mass is 35.5. The molecule has 126 valence electrons. The summed E-state index contributed by atoms with van der Waals surface area (Å²) in [6, 6.07) is 11.8. The van der Waals surface area contributed by atoms with Crippen LogP contribution in [0.3, 0.4) is 0 Å². The molecular formula is C18H17Cl2FN2O. The third-order valence-electron chi connectivity index (χ3n) is 4.21. The molecule has 1 saturated heterocycles. The van der Waals surface area contributed by atoms with Gasteiger partial charge in [-0.05, 0) is 24.3 Å². The van der Waals surface area contributed by atoms with Crippen LogP contribution in [0.25, 0.3) is 0 Å². The summed E-state index contributed by atoms with van der Waals surface area (Å²) in [5, 5.41) is 0.896. The summed E-state index contributed by atoms with van der Waals surface area (Å²) in [5.41, 5.74) is 1.02. The first-order chi connectivity index (χ1) is 11.6. The summed E-state index contributed by atoms with van der Waals surface area (Å²) in [5.74, 6) is -0.360. The first-order valence-electron chi connectivity index (χ1n) is 7.75. The van der Waals surface area contributed by atoms with Crippen molar-refractivity contribution in [3.8, 4) is 0 Å². The van der Waals surface area contributed by atoms with Crippen LogP contribution in [-0.2, 0) is 6.54 Å². The summed E-state index contributed by atoms with van der Waals surface area (Å²) >= 11 is 12.2. The number of piperazine rings is 1. The fourth-order valence-corrected chi connectivity index (χ4v) is 3.26. The molecule has 0 spiro atoms. The average Bonchev–Trinajstić information content (AvgIpc) is 2.59. The first kappa shape index (κ1) is 17.2. The predicted molar refractivity (Wildman–Crippen MR) is 94.0 cm³/mol. The normalized spacial score (nSPS) is 15.5. The van der Waals surface area contributed by atoms with Crippen LogP contribution in [0.4, 0.5) is 4.39 Å². The van der Waals surface area contributed by atoms with Crippen LogP contribution in [-0.4, -0.2) is 41.9 Å². The fourth-order valence-electron chi connectivity index (χ4n) is 2.82. The van der Waals surface area contributed by atoms with Gasteiger partial charge in [-0.3, -0.25) is 9.69 Å². The Labute approximate surface area is 150 Å². The van der Waals surface area contributed by atoms with Crippen molar-refractivity contribution >= 4 is 29.1 Å². The zero-order valence-corrected chi connectivity index (χ0v) is 14.5. The molecule has 0 atom stereocenters. The molecule has 0 radical (unpaired) electrons. The zero-order chi connectivity index (χ0) is 17.1. The lowest BCUT2D eigenvalue weighted by atomic mass is 10.1. The Kier molecular flexibility index (Phi) is 5.39. The van der Waals surface area contributed by atoms with Gasteiger partial charge in [-0.25, -0.2) is 4.39 Å². The molecule has 6 heteroatoms. The van der Waals surface area contributed by atoms with Crippen molar-refractivity contribution in [3.63, 3.8) is 0 Å². The molecule has 2 aromatic rings. The van der Waals surface area contributed by atoms with Gasteiger partial charge < -0.3 is 4.90 Å². The van der Waals surface area contributed by atoms with Crippen molar-refractivity contribution in [2.24, 2.45) is 0 Å². The van der Waals surface area contributed by atoms with Crippen molar-refractivity contribution in [1.29, 1.82) is 0 Å². The largest absolute Gasteiger partial charge is 0.336 e. The number of hydrogen-bond donors (Lipinski definition) is 0. The number of rotatable bonds is 3. The van der Waals surface area contributed by atoms with Crippen LogP contribution < -0.4 is 0 Å². The van der Waals surface area contributed by atoms with E-state index in [4.69, 9.17) is 23.2 Å². The molecule has 0 aliphatic carbocycles. The number of hydrogen-bond acceptors (Lipinski definition) is 2. The van der Waals surface area contributed by atoms with Crippen LogP contribution >= 0.6 is 23.2 Å². The van der Waals surface area contributed by atoms with Gasteiger partial charge in [0.25, 0.3) is 5.91 Å². The maximum Gasteiger partial charge on any atom is 0.255 e.